The lowest BCUT2D eigenvalue weighted by atomic mass is 9.71. The van der Waals surface area contributed by atoms with E-state index in [2.05, 4.69) is 70.6 Å². The maximum atomic E-state index is 5.57. The van der Waals surface area contributed by atoms with E-state index >= 15 is 0 Å². The second-order valence-corrected chi connectivity index (χ2v) is 6.28. The third-order valence-electron chi connectivity index (χ3n) is 4.14. The van der Waals surface area contributed by atoms with Gasteiger partial charge in [-0.1, -0.05) is 34.1 Å². The van der Waals surface area contributed by atoms with Crippen LogP contribution in [0.25, 0.3) is 0 Å². The van der Waals surface area contributed by atoms with Crippen LogP contribution in [-0.4, -0.2) is 20.3 Å². The minimum Gasteiger partial charge on any atom is -0.388 e. The third kappa shape index (κ3) is 2.15. The first-order valence-corrected chi connectivity index (χ1v) is 7.58. The summed E-state index contributed by atoms with van der Waals surface area (Å²) in [6.07, 6.45) is 0. The molecule has 0 atom stereocenters. The number of ether oxygens (including phenoxy) is 1. The third-order valence-corrected chi connectivity index (χ3v) is 4.63. The number of benzene rings is 2. The van der Waals surface area contributed by atoms with Crippen molar-refractivity contribution < 1.29 is 4.74 Å². The minimum atomic E-state index is 0.000134. The second-order valence-electron chi connectivity index (χ2n) is 5.36. The van der Waals surface area contributed by atoms with Crippen molar-refractivity contribution in [2.45, 2.75) is 12.3 Å². The van der Waals surface area contributed by atoms with Crippen LogP contribution in [0.4, 0.5) is 5.69 Å². The molecule has 0 saturated carbocycles. The Bertz CT molecular complexity index is 617. The van der Waals surface area contributed by atoms with Gasteiger partial charge in [-0.25, -0.2) is 0 Å². The number of anilines is 1. The van der Waals surface area contributed by atoms with Crippen LogP contribution in [0.1, 0.15) is 16.7 Å². The van der Waals surface area contributed by atoms with E-state index in [9.17, 15) is 0 Å². The first-order valence-electron chi connectivity index (χ1n) is 6.78. The van der Waals surface area contributed by atoms with Gasteiger partial charge in [0.25, 0.3) is 0 Å². The Hall–Kier alpha value is -1.32. The molecule has 2 aromatic rings. The largest absolute Gasteiger partial charge is 0.388 e. The average molecular weight is 332 g/mol. The van der Waals surface area contributed by atoms with Crippen molar-refractivity contribution in [3.05, 3.63) is 63.6 Å². The van der Waals surface area contributed by atoms with Gasteiger partial charge in [0.1, 0.15) is 0 Å². The van der Waals surface area contributed by atoms with Crippen LogP contribution >= 0.6 is 15.9 Å². The standard InChI is InChI=1S/C17H18BrNO/c1-12-3-6-14(18)9-16(12)17(10-20-11-17)13-4-7-15(19-2)8-5-13/h3-9,19H,10-11H2,1-2H3. The Morgan fingerprint density at radius 2 is 1.80 bits per heavy atom. The Kier molecular flexibility index (Phi) is 3.57. The van der Waals surface area contributed by atoms with E-state index in [1.807, 2.05) is 7.05 Å². The van der Waals surface area contributed by atoms with Gasteiger partial charge in [-0.3, -0.25) is 0 Å². The van der Waals surface area contributed by atoms with Gasteiger partial charge in [0.05, 0.1) is 18.6 Å². The zero-order valence-corrected chi connectivity index (χ0v) is 13.3. The summed E-state index contributed by atoms with van der Waals surface area (Å²) in [7, 11) is 1.94. The Morgan fingerprint density at radius 3 is 2.35 bits per heavy atom. The van der Waals surface area contributed by atoms with Crippen molar-refractivity contribution in [2.75, 3.05) is 25.6 Å². The molecule has 1 saturated heterocycles. The van der Waals surface area contributed by atoms with Gasteiger partial charge in [0, 0.05) is 17.2 Å². The molecular weight excluding hydrogens is 314 g/mol. The summed E-state index contributed by atoms with van der Waals surface area (Å²) in [6.45, 7) is 3.68. The molecule has 2 aromatic carbocycles. The average Bonchev–Trinajstić information content (AvgIpc) is 2.42. The summed E-state index contributed by atoms with van der Waals surface area (Å²) < 4.78 is 6.69. The molecule has 1 N–H and O–H groups in total. The smallest absolute Gasteiger partial charge is 0.0672 e. The summed E-state index contributed by atoms with van der Waals surface area (Å²) in [5.74, 6) is 0. The van der Waals surface area contributed by atoms with Gasteiger partial charge in [-0.05, 0) is 47.9 Å². The van der Waals surface area contributed by atoms with E-state index in [0.717, 1.165) is 23.4 Å². The molecule has 1 aliphatic rings. The number of halogens is 1. The molecule has 104 valence electrons. The molecule has 2 nitrogen and oxygen atoms in total. The van der Waals surface area contributed by atoms with Crippen molar-refractivity contribution in [1.82, 2.24) is 0 Å². The first-order chi connectivity index (χ1) is 9.65. The summed E-state index contributed by atoms with van der Waals surface area (Å²) in [6, 6.07) is 15.1. The predicted octanol–water partition coefficient (Wildman–Crippen LogP) is 4.12. The van der Waals surface area contributed by atoms with E-state index in [4.69, 9.17) is 4.74 Å². The maximum Gasteiger partial charge on any atom is 0.0672 e. The lowest BCUT2D eigenvalue weighted by molar-refractivity contribution is -0.0382. The highest BCUT2D eigenvalue weighted by Crippen LogP contribution is 2.41. The molecule has 1 aliphatic heterocycles. The summed E-state index contributed by atoms with van der Waals surface area (Å²) >= 11 is 3.59. The van der Waals surface area contributed by atoms with Crippen LogP contribution in [0.5, 0.6) is 0 Å². The van der Waals surface area contributed by atoms with E-state index in [1.54, 1.807) is 0 Å². The quantitative estimate of drug-likeness (QED) is 0.913. The van der Waals surface area contributed by atoms with Gasteiger partial charge in [-0.15, -0.1) is 0 Å². The second kappa shape index (κ2) is 5.23. The molecule has 0 aliphatic carbocycles. The van der Waals surface area contributed by atoms with Crippen LogP contribution in [0.3, 0.4) is 0 Å². The molecule has 1 heterocycles. The van der Waals surface area contributed by atoms with E-state index < -0.39 is 0 Å². The van der Waals surface area contributed by atoms with Gasteiger partial charge in [0.15, 0.2) is 0 Å². The fraction of sp³-hybridized carbons (Fsp3) is 0.294. The molecule has 3 rings (SSSR count). The topological polar surface area (TPSA) is 21.3 Å². The number of rotatable bonds is 3. The molecule has 20 heavy (non-hydrogen) atoms. The molecule has 3 heteroatoms. The number of aryl methyl sites for hydroxylation is 1. The van der Waals surface area contributed by atoms with Crippen LogP contribution in [-0.2, 0) is 10.2 Å². The summed E-state index contributed by atoms with van der Waals surface area (Å²) in [4.78, 5) is 0. The van der Waals surface area contributed by atoms with Crippen molar-refractivity contribution in [2.24, 2.45) is 0 Å². The highest BCUT2D eigenvalue weighted by atomic mass is 79.9. The number of nitrogens with one attached hydrogen (secondary N) is 1. The lowest BCUT2D eigenvalue weighted by Crippen LogP contribution is -2.48. The Labute approximate surface area is 128 Å². The van der Waals surface area contributed by atoms with Crippen molar-refractivity contribution in [1.29, 1.82) is 0 Å². The lowest BCUT2D eigenvalue weighted by Gasteiger charge is -2.43. The predicted molar refractivity (Wildman–Crippen MR) is 86.5 cm³/mol. The molecule has 0 radical (unpaired) electrons. The highest BCUT2D eigenvalue weighted by molar-refractivity contribution is 9.10. The van der Waals surface area contributed by atoms with Crippen LogP contribution in [0.15, 0.2) is 46.9 Å². The Morgan fingerprint density at radius 1 is 1.10 bits per heavy atom. The van der Waals surface area contributed by atoms with Crippen LogP contribution < -0.4 is 5.32 Å². The normalized spacial score (nSPS) is 16.6. The van der Waals surface area contributed by atoms with Crippen molar-refractivity contribution in [3.63, 3.8) is 0 Å². The first kappa shape index (κ1) is 13.7. The van der Waals surface area contributed by atoms with Gasteiger partial charge < -0.3 is 10.1 Å². The minimum absolute atomic E-state index is 0.000134. The highest BCUT2D eigenvalue weighted by Gasteiger charge is 2.43. The van der Waals surface area contributed by atoms with Gasteiger partial charge in [-0.2, -0.15) is 0 Å². The summed E-state index contributed by atoms with van der Waals surface area (Å²) in [5.41, 5.74) is 5.13. The molecular formula is C17H18BrNO. The monoisotopic (exact) mass is 331 g/mol. The zero-order valence-electron chi connectivity index (χ0n) is 11.7. The van der Waals surface area contributed by atoms with Crippen molar-refractivity contribution in [3.8, 4) is 0 Å². The fourth-order valence-electron chi connectivity index (χ4n) is 2.85. The van der Waals surface area contributed by atoms with Crippen LogP contribution in [0.2, 0.25) is 0 Å². The molecule has 0 spiro atoms. The number of hydrogen-bond acceptors (Lipinski definition) is 2. The van der Waals surface area contributed by atoms with Crippen LogP contribution in [0, 0.1) is 6.92 Å². The SMILES string of the molecule is CNc1ccc(C2(c3cc(Br)ccc3C)COC2)cc1. The molecule has 0 bridgehead atoms. The maximum absolute atomic E-state index is 5.57. The van der Waals surface area contributed by atoms with Gasteiger partial charge >= 0.3 is 0 Å². The molecule has 0 amide bonds. The Balaban J connectivity index is 2.08. The van der Waals surface area contributed by atoms with E-state index in [0.29, 0.717) is 0 Å². The fourth-order valence-corrected chi connectivity index (χ4v) is 3.21. The molecule has 1 fully saturated rings. The van der Waals surface area contributed by atoms with Gasteiger partial charge in [0.2, 0.25) is 0 Å². The number of hydrogen-bond donors (Lipinski definition) is 1. The molecule has 0 aromatic heterocycles. The van der Waals surface area contributed by atoms with Crippen molar-refractivity contribution >= 4 is 21.6 Å². The van der Waals surface area contributed by atoms with E-state index in [1.165, 1.54) is 16.7 Å². The zero-order chi connectivity index (χ0) is 14.2. The van der Waals surface area contributed by atoms with E-state index in [-0.39, 0.29) is 5.41 Å². The molecule has 0 unspecified atom stereocenters. The summed E-state index contributed by atoms with van der Waals surface area (Å²) in [5, 5.41) is 3.16.